The minimum atomic E-state index is -3.00. The molecule has 1 amide bonds. The van der Waals surface area contributed by atoms with Crippen LogP contribution in [0, 0.1) is 5.41 Å². The van der Waals surface area contributed by atoms with Crippen molar-refractivity contribution in [3.05, 3.63) is 0 Å². The molecule has 0 spiro atoms. The number of carbonyl (C=O) groups excluding carboxylic acids is 1. The fraction of sp³-hybridized carbons (Fsp3) is 0.933. The van der Waals surface area contributed by atoms with E-state index in [9.17, 15) is 13.6 Å². The molecule has 4 nitrogen and oxygen atoms in total. The van der Waals surface area contributed by atoms with Gasteiger partial charge in [0.25, 0.3) is 5.92 Å². The number of hydrogen-bond donors (Lipinski definition) is 2. The molecule has 0 bridgehead atoms. The van der Waals surface area contributed by atoms with Gasteiger partial charge in [-0.1, -0.05) is 13.8 Å². The highest BCUT2D eigenvalue weighted by Gasteiger charge is 2.34. The van der Waals surface area contributed by atoms with Crippen molar-refractivity contribution >= 4 is 17.9 Å². The highest BCUT2D eigenvalue weighted by molar-refractivity contribution is 7.99. The summed E-state index contributed by atoms with van der Waals surface area (Å²) in [5.41, 5.74) is -0.521. The van der Waals surface area contributed by atoms with E-state index in [1.165, 1.54) is 0 Å². The van der Waals surface area contributed by atoms with Crippen molar-refractivity contribution < 1.29 is 18.3 Å². The van der Waals surface area contributed by atoms with Crippen molar-refractivity contribution in [2.24, 2.45) is 5.41 Å². The van der Waals surface area contributed by atoms with E-state index in [2.05, 4.69) is 24.5 Å². The molecule has 0 aromatic heterocycles. The van der Waals surface area contributed by atoms with E-state index in [0.717, 1.165) is 17.9 Å². The van der Waals surface area contributed by atoms with Gasteiger partial charge in [-0.3, -0.25) is 0 Å². The number of alkyl carbamates (subject to hydrolysis) is 1. The van der Waals surface area contributed by atoms with E-state index in [4.69, 9.17) is 4.74 Å². The van der Waals surface area contributed by atoms with Crippen molar-refractivity contribution in [2.75, 3.05) is 24.6 Å². The highest BCUT2D eigenvalue weighted by atomic mass is 32.2. The Labute approximate surface area is 136 Å². The van der Waals surface area contributed by atoms with E-state index in [1.807, 2.05) is 0 Å². The van der Waals surface area contributed by atoms with Crippen LogP contribution in [-0.2, 0) is 4.74 Å². The van der Waals surface area contributed by atoms with Crippen LogP contribution < -0.4 is 10.6 Å². The summed E-state index contributed by atoms with van der Waals surface area (Å²) in [5.74, 6) is -1.09. The number of thioether (sulfide) groups is 1. The van der Waals surface area contributed by atoms with Crippen molar-refractivity contribution in [2.45, 2.75) is 58.6 Å². The van der Waals surface area contributed by atoms with Crippen molar-refractivity contribution in [3.8, 4) is 0 Å². The van der Waals surface area contributed by atoms with Gasteiger partial charge in [-0.25, -0.2) is 13.6 Å². The predicted octanol–water partition coefficient (Wildman–Crippen LogP) is 3.27. The van der Waals surface area contributed by atoms with Gasteiger partial charge in [0.05, 0.1) is 13.1 Å². The number of hydrogen-bond acceptors (Lipinski definition) is 4. The molecule has 0 aromatic rings. The van der Waals surface area contributed by atoms with Gasteiger partial charge < -0.3 is 15.4 Å². The molecular formula is C15H28F2N2O2S. The molecule has 7 heteroatoms. The molecule has 1 heterocycles. The quantitative estimate of drug-likeness (QED) is 0.808. The first-order chi connectivity index (χ1) is 9.89. The van der Waals surface area contributed by atoms with E-state index in [0.29, 0.717) is 0 Å². The molecule has 1 fully saturated rings. The summed E-state index contributed by atoms with van der Waals surface area (Å²) in [7, 11) is 0. The molecule has 1 aliphatic rings. The highest BCUT2D eigenvalue weighted by Crippen LogP contribution is 2.33. The number of ether oxygens (including phenoxy) is 1. The van der Waals surface area contributed by atoms with Crippen molar-refractivity contribution in [1.82, 2.24) is 10.6 Å². The van der Waals surface area contributed by atoms with Crippen molar-refractivity contribution in [3.63, 3.8) is 0 Å². The summed E-state index contributed by atoms with van der Waals surface area (Å²) in [4.78, 5) is 11.4. The fourth-order valence-electron chi connectivity index (χ4n) is 2.27. The number of alkyl halides is 2. The topological polar surface area (TPSA) is 50.4 Å². The van der Waals surface area contributed by atoms with E-state index < -0.39 is 30.7 Å². The first-order valence-electron chi connectivity index (χ1n) is 7.54. The normalized spacial score (nSPS) is 22.2. The van der Waals surface area contributed by atoms with Crippen LogP contribution in [0.4, 0.5) is 13.6 Å². The smallest absolute Gasteiger partial charge is 0.407 e. The first kappa shape index (κ1) is 19.5. The maximum absolute atomic E-state index is 13.8. The van der Waals surface area contributed by atoms with E-state index in [-0.39, 0.29) is 11.5 Å². The number of nitrogens with one attached hydrogen (secondary N) is 2. The van der Waals surface area contributed by atoms with Crippen LogP contribution in [-0.4, -0.2) is 48.3 Å². The third kappa shape index (κ3) is 8.17. The molecule has 1 rings (SSSR count). The van der Waals surface area contributed by atoms with Crippen LogP contribution >= 0.6 is 11.8 Å². The predicted molar refractivity (Wildman–Crippen MR) is 86.7 cm³/mol. The maximum atomic E-state index is 13.8. The average Bonchev–Trinajstić information content (AvgIpc) is 2.31. The summed E-state index contributed by atoms with van der Waals surface area (Å²) >= 11 is 1.79. The van der Waals surface area contributed by atoms with Gasteiger partial charge >= 0.3 is 6.09 Å². The van der Waals surface area contributed by atoms with Crippen LogP contribution in [0.5, 0.6) is 0 Å². The van der Waals surface area contributed by atoms with E-state index >= 15 is 0 Å². The fourth-order valence-corrected chi connectivity index (χ4v) is 3.57. The van der Waals surface area contributed by atoms with Gasteiger partial charge in [0, 0.05) is 11.8 Å². The molecule has 1 saturated heterocycles. The largest absolute Gasteiger partial charge is 0.444 e. The Kier molecular flexibility index (Phi) is 6.50. The lowest BCUT2D eigenvalue weighted by atomic mass is 9.88. The van der Waals surface area contributed by atoms with Gasteiger partial charge in [-0.05, 0) is 38.4 Å². The summed E-state index contributed by atoms with van der Waals surface area (Å²) in [6, 6.07) is 0.0844. The summed E-state index contributed by atoms with van der Waals surface area (Å²) < 4.78 is 32.6. The second-order valence-corrected chi connectivity index (χ2v) is 8.70. The average molecular weight is 338 g/mol. The first-order valence-corrected chi connectivity index (χ1v) is 8.70. The standard InChI is InChI=1S/C15H28F2N2O2S/c1-13(2,3)21-12(20)19-9-15(16,17)8-18-11-6-14(4,5)10-22-7-11/h11,18H,6-10H2,1-5H3,(H,19,20). The Morgan fingerprint density at radius 2 is 1.95 bits per heavy atom. The van der Waals surface area contributed by atoms with Crippen LogP contribution in [0.2, 0.25) is 0 Å². The monoisotopic (exact) mass is 338 g/mol. The maximum Gasteiger partial charge on any atom is 0.407 e. The molecule has 2 N–H and O–H groups in total. The zero-order valence-corrected chi connectivity index (χ0v) is 14.9. The molecular weight excluding hydrogens is 310 g/mol. The Bertz CT molecular complexity index is 384. The minimum absolute atomic E-state index is 0.0844. The number of amides is 1. The second kappa shape index (κ2) is 7.34. The number of halogens is 2. The molecule has 1 aliphatic heterocycles. The van der Waals surface area contributed by atoms with Gasteiger partial charge in [0.1, 0.15) is 5.60 Å². The Hall–Kier alpha value is -0.560. The molecule has 1 atom stereocenters. The van der Waals surface area contributed by atoms with Gasteiger partial charge in [-0.15, -0.1) is 0 Å². The summed E-state index contributed by atoms with van der Waals surface area (Å²) in [5, 5.41) is 5.05. The third-order valence-electron chi connectivity index (χ3n) is 3.15. The zero-order chi connectivity index (χ0) is 17.0. The Morgan fingerprint density at radius 1 is 1.32 bits per heavy atom. The van der Waals surface area contributed by atoms with Crippen molar-refractivity contribution in [1.29, 1.82) is 0 Å². The van der Waals surface area contributed by atoms with Crippen LogP contribution in [0.25, 0.3) is 0 Å². The molecule has 1 unspecified atom stereocenters. The van der Waals surface area contributed by atoms with Gasteiger partial charge in [0.2, 0.25) is 0 Å². The molecule has 130 valence electrons. The lowest BCUT2D eigenvalue weighted by Crippen LogP contribution is -2.49. The third-order valence-corrected chi connectivity index (χ3v) is 4.77. The van der Waals surface area contributed by atoms with Crippen LogP contribution in [0.1, 0.15) is 41.0 Å². The SMILES string of the molecule is CC1(C)CSCC(NCC(F)(F)CNC(=O)OC(C)(C)C)C1. The lowest BCUT2D eigenvalue weighted by Gasteiger charge is -2.35. The van der Waals surface area contributed by atoms with Gasteiger partial charge in [0.15, 0.2) is 0 Å². The van der Waals surface area contributed by atoms with Gasteiger partial charge in [-0.2, -0.15) is 11.8 Å². The Balaban J connectivity index is 2.33. The molecule has 0 aromatic carbocycles. The van der Waals surface area contributed by atoms with Crippen LogP contribution in [0.15, 0.2) is 0 Å². The summed E-state index contributed by atoms with van der Waals surface area (Å²) in [6.45, 7) is 8.20. The second-order valence-electron chi connectivity index (χ2n) is 7.67. The zero-order valence-electron chi connectivity index (χ0n) is 14.1. The molecule has 0 radical (unpaired) electrons. The summed E-state index contributed by atoms with van der Waals surface area (Å²) in [6.07, 6.45) is 0.0665. The van der Waals surface area contributed by atoms with Crippen LogP contribution in [0.3, 0.4) is 0 Å². The Morgan fingerprint density at radius 3 is 2.50 bits per heavy atom. The molecule has 22 heavy (non-hydrogen) atoms. The minimum Gasteiger partial charge on any atom is -0.444 e. The number of carbonyl (C=O) groups is 1. The number of rotatable bonds is 5. The lowest BCUT2D eigenvalue weighted by molar-refractivity contribution is -0.00598. The molecule has 0 aliphatic carbocycles. The molecule has 0 saturated carbocycles. The van der Waals surface area contributed by atoms with E-state index in [1.54, 1.807) is 32.5 Å².